The summed E-state index contributed by atoms with van der Waals surface area (Å²) >= 11 is 0. The normalized spacial score (nSPS) is 21.6. The average molecular weight is 231 g/mol. The van der Waals surface area contributed by atoms with Gasteiger partial charge in [-0.1, -0.05) is 13.3 Å². The standard InChI is InChI=1S/C12H13N3O2/c1-2-8-5-11(8)14-10-4-3-9(7-13)12(6-10)15(16)17/h3-4,6,8,11,14H,2,5H2,1H3. The number of nitrogens with zero attached hydrogens (tertiary/aromatic N) is 2. The largest absolute Gasteiger partial charge is 0.382 e. The number of rotatable bonds is 4. The second kappa shape index (κ2) is 4.42. The van der Waals surface area contributed by atoms with Crippen molar-refractivity contribution in [2.45, 2.75) is 25.8 Å². The summed E-state index contributed by atoms with van der Waals surface area (Å²) in [6, 6.07) is 6.89. The van der Waals surface area contributed by atoms with Gasteiger partial charge in [-0.05, 0) is 24.5 Å². The van der Waals surface area contributed by atoms with Gasteiger partial charge in [-0.3, -0.25) is 10.1 Å². The number of benzene rings is 1. The molecule has 0 aromatic heterocycles. The number of nitro benzene ring substituents is 1. The van der Waals surface area contributed by atoms with Crippen LogP contribution in [0.1, 0.15) is 25.3 Å². The van der Waals surface area contributed by atoms with E-state index >= 15 is 0 Å². The lowest BCUT2D eigenvalue weighted by Crippen LogP contribution is -2.05. The Balaban J connectivity index is 2.17. The van der Waals surface area contributed by atoms with Gasteiger partial charge in [-0.25, -0.2) is 0 Å². The minimum atomic E-state index is -0.520. The number of nitriles is 1. The third-order valence-corrected chi connectivity index (χ3v) is 3.11. The Kier molecular flexibility index (Phi) is 2.96. The molecule has 0 radical (unpaired) electrons. The molecule has 0 amide bonds. The minimum absolute atomic E-state index is 0.100. The van der Waals surface area contributed by atoms with Crippen LogP contribution in [0.15, 0.2) is 18.2 Å². The van der Waals surface area contributed by atoms with E-state index in [0.29, 0.717) is 12.0 Å². The Morgan fingerprint density at radius 2 is 2.41 bits per heavy atom. The van der Waals surface area contributed by atoms with E-state index in [0.717, 1.165) is 18.5 Å². The van der Waals surface area contributed by atoms with Crippen molar-refractivity contribution in [2.75, 3.05) is 5.32 Å². The van der Waals surface area contributed by atoms with Gasteiger partial charge in [0.2, 0.25) is 0 Å². The van der Waals surface area contributed by atoms with E-state index in [1.807, 2.05) is 6.07 Å². The van der Waals surface area contributed by atoms with Gasteiger partial charge in [0.15, 0.2) is 0 Å². The molecule has 88 valence electrons. The van der Waals surface area contributed by atoms with Crippen LogP contribution in [0.25, 0.3) is 0 Å². The van der Waals surface area contributed by atoms with E-state index < -0.39 is 4.92 Å². The molecule has 1 aliphatic rings. The highest BCUT2D eigenvalue weighted by Gasteiger charge is 2.35. The lowest BCUT2D eigenvalue weighted by molar-refractivity contribution is -0.385. The molecule has 5 nitrogen and oxygen atoms in total. The van der Waals surface area contributed by atoms with Crippen molar-refractivity contribution in [1.82, 2.24) is 0 Å². The smallest absolute Gasteiger partial charge is 0.289 e. The zero-order valence-electron chi connectivity index (χ0n) is 9.51. The third kappa shape index (κ3) is 2.36. The van der Waals surface area contributed by atoms with Gasteiger partial charge in [-0.15, -0.1) is 0 Å². The molecule has 0 aliphatic heterocycles. The van der Waals surface area contributed by atoms with Crippen LogP contribution in [0.2, 0.25) is 0 Å². The SMILES string of the molecule is CCC1CC1Nc1ccc(C#N)c([N+](=O)[O-])c1. The lowest BCUT2D eigenvalue weighted by atomic mass is 10.2. The highest BCUT2D eigenvalue weighted by Crippen LogP contribution is 2.36. The van der Waals surface area contributed by atoms with Gasteiger partial charge < -0.3 is 5.32 Å². The van der Waals surface area contributed by atoms with Crippen LogP contribution in [-0.2, 0) is 0 Å². The predicted octanol–water partition coefficient (Wildman–Crippen LogP) is 2.68. The summed E-state index contributed by atoms with van der Waals surface area (Å²) in [7, 11) is 0. The van der Waals surface area contributed by atoms with Gasteiger partial charge in [-0.2, -0.15) is 5.26 Å². The fraction of sp³-hybridized carbons (Fsp3) is 0.417. The van der Waals surface area contributed by atoms with E-state index in [-0.39, 0.29) is 11.3 Å². The molecule has 1 fully saturated rings. The zero-order chi connectivity index (χ0) is 12.4. The Labute approximate surface area is 99.2 Å². The molecular weight excluding hydrogens is 218 g/mol. The van der Waals surface area contributed by atoms with Gasteiger partial charge in [0.05, 0.1) is 4.92 Å². The Bertz CT molecular complexity index is 493. The summed E-state index contributed by atoms with van der Waals surface area (Å²) < 4.78 is 0. The third-order valence-electron chi connectivity index (χ3n) is 3.11. The number of hydrogen-bond acceptors (Lipinski definition) is 4. The summed E-state index contributed by atoms with van der Waals surface area (Å²) in [5, 5.41) is 22.8. The van der Waals surface area contributed by atoms with E-state index in [4.69, 9.17) is 5.26 Å². The van der Waals surface area contributed by atoms with Crippen molar-refractivity contribution in [3.8, 4) is 6.07 Å². The molecule has 2 atom stereocenters. The van der Waals surface area contributed by atoms with Crippen molar-refractivity contribution in [3.05, 3.63) is 33.9 Å². The van der Waals surface area contributed by atoms with Crippen LogP contribution in [0.4, 0.5) is 11.4 Å². The van der Waals surface area contributed by atoms with Crippen LogP contribution >= 0.6 is 0 Å². The maximum Gasteiger partial charge on any atom is 0.289 e. The highest BCUT2D eigenvalue weighted by molar-refractivity contribution is 5.59. The van der Waals surface area contributed by atoms with Gasteiger partial charge >= 0.3 is 0 Å². The molecule has 0 bridgehead atoms. The predicted molar refractivity (Wildman–Crippen MR) is 63.6 cm³/mol. The number of hydrogen-bond donors (Lipinski definition) is 1. The molecule has 1 aromatic carbocycles. The molecule has 2 unspecified atom stereocenters. The molecule has 2 rings (SSSR count). The first-order chi connectivity index (χ1) is 8.15. The van der Waals surface area contributed by atoms with Crippen LogP contribution in [-0.4, -0.2) is 11.0 Å². The summed E-state index contributed by atoms with van der Waals surface area (Å²) in [5.74, 6) is 0.671. The lowest BCUT2D eigenvalue weighted by Gasteiger charge is -2.05. The first kappa shape index (κ1) is 11.4. The van der Waals surface area contributed by atoms with E-state index in [1.165, 1.54) is 12.1 Å². The van der Waals surface area contributed by atoms with Crippen LogP contribution in [0, 0.1) is 27.4 Å². The first-order valence-electron chi connectivity index (χ1n) is 5.60. The van der Waals surface area contributed by atoms with Gasteiger partial charge in [0.25, 0.3) is 5.69 Å². The maximum absolute atomic E-state index is 10.8. The van der Waals surface area contributed by atoms with E-state index in [2.05, 4.69) is 12.2 Å². The average Bonchev–Trinajstić information content (AvgIpc) is 3.07. The maximum atomic E-state index is 10.8. The molecule has 0 saturated heterocycles. The Hall–Kier alpha value is -2.09. The molecule has 1 saturated carbocycles. The van der Waals surface area contributed by atoms with Gasteiger partial charge in [0.1, 0.15) is 11.6 Å². The fourth-order valence-electron chi connectivity index (χ4n) is 1.96. The fourth-order valence-corrected chi connectivity index (χ4v) is 1.96. The molecule has 1 aromatic rings. The van der Waals surface area contributed by atoms with Crippen molar-refractivity contribution >= 4 is 11.4 Å². The summed E-state index contributed by atoms with van der Waals surface area (Å²) in [4.78, 5) is 10.3. The first-order valence-corrected chi connectivity index (χ1v) is 5.60. The molecule has 1 aliphatic carbocycles. The van der Waals surface area contributed by atoms with Crippen LogP contribution in [0.5, 0.6) is 0 Å². The van der Waals surface area contributed by atoms with Gasteiger partial charge in [0, 0.05) is 17.8 Å². The topological polar surface area (TPSA) is 79.0 Å². The van der Waals surface area contributed by atoms with Crippen molar-refractivity contribution < 1.29 is 4.92 Å². The van der Waals surface area contributed by atoms with Crippen LogP contribution in [0.3, 0.4) is 0 Å². The summed E-state index contributed by atoms with van der Waals surface area (Å²) in [6.45, 7) is 2.13. The second-order valence-corrected chi connectivity index (χ2v) is 4.26. The summed E-state index contributed by atoms with van der Waals surface area (Å²) in [6.07, 6.45) is 2.24. The molecule has 0 spiro atoms. The minimum Gasteiger partial charge on any atom is -0.382 e. The number of nitro groups is 1. The monoisotopic (exact) mass is 231 g/mol. The molecule has 17 heavy (non-hydrogen) atoms. The Morgan fingerprint density at radius 3 is 2.94 bits per heavy atom. The highest BCUT2D eigenvalue weighted by atomic mass is 16.6. The molecule has 0 heterocycles. The van der Waals surface area contributed by atoms with E-state index in [1.54, 1.807) is 6.07 Å². The number of anilines is 1. The van der Waals surface area contributed by atoms with Crippen molar-refractivity contribution in [2.24, 2.45) is 5.92 Å². The Morgan fingerprint density at radius 1 is 1.65 bits per heavy atom. The quantitative estimate of drug-likeness (QED) is 0.638. The van der Waals surface area contributed by atoms with Crippen molar-refractivity contribution in [1.29, 1.82) is 5.26 Å². The number of nitrogens with one attached hydrogen (secondary N) is 1. The van der Waals surface area contributed by atoms with E-state index in [9.17, 15) is 10.1 Å². The second-order valence-electron chi connectivity index (χ2n) is 4.26. The molecular formula is C12H13N3O2. The summed E-state index contributed by atoms with van der Waals surface area (Å²) in [5.41, 5.74) is 0.686. The molecule has 5 heteroatoms. The van der Waals surface area contributed by atoms with Crippen molar-refractivity contribution in [3.63, 3.8) is 0 Å². The zero-order valence-corrected chi connectivity index (χ0v) is 9.51. The molecule has 1 N–H and O–H groups in total. The van der Waals surface area contributed by atoms with Crippen LogP contribution < -0.4 is 5.32 Å².